The molecule has 0 aliphatic carbocycles. The Morgan fingerprint density at radius 1 is 1.09 bits per heavy atom. The molecule has 0 saturated heterocycles. The standard InChI is InChI=1S/C11H20O2.C6H15NO.CH4O/c1-3-5-10(4-2)8-11(9-13)6-7-12;1-3-5-8-6-4-7-2;1-2/h7,9-11H,3-6,8H2,1-2H3;7H,3-6H2,1-2H3;2H,1H3. The molecule has 0 aliphatic rings. The average Bonchev–Trinajstić information content (AvgIpc) is 2.60. The smallest absolute Gasteiger partial charge is 0.123 e. The normalized spacial score (nSPS) is 12.1. The number of ether oxygens (including phenoxy) is 1. The summed E-state index contributed by atoms with van der Waals surface area (Å²) in [6.07, 6.45) is 7.59. The molecule has 0 aromatic carbocycles. The quantitative estimate of drug-likeness (QED) is 0.400. The number of aliphatic hydroxyl groups is 1. The van der Waals surface area contributed by atoms with Crippen molar-refractivity contribution in [2.75, 3.05) is 33.9 Å². The minimum absolute atomic E-state index is 0.0472. The largest absolute Gasteiger partial charge is 0.400 e. The molecule has 2 N–H and O–H groups in total. The van der Waals surface area contributed by atoms with Crippen LogP contribution >= 0.6 is 0 Å². The fourth-order valence-corrected chi connectivity index (χ4v) is 2.08. The number of nitrogens with one attached hydrogen (secondary N) is 1. The number of hydrogen-bond acceptors (Lipinski definition) is 5. The van der Waals surface area contributed by atoms with Crippen molar-refractivity contribution in [2.24, 2.45) is 11.8 Å². The van der Waals surface area contributed by atoms with Crippen molar-refractivity contribution in [3.05, 3.63) is 0 Å². The topological polar surface area (TPSA) is 75.6 Å². The van der Waals surface area contributed by atoms with E-state index in [0.29, 0.717) is 12.3 Å². The molecule has 0 aromatic heterocycles. The second kappa shape index (κ2) is 26.1. The molecular formula is C18H39NO4. The van der Waals surface area contributed by atoms with E-state index in [2.05, 4.69) is 26.1 Å². The average molecular weight is 334 g/mol. The molecule has 0 heterocycles. The van der Waals surface area contributed by atoms with Crippen LogP contribution in [0.4, 0.5) is 0 Å². The van der Waals surface area contributed by atoms with Crippen molar-refractivity contribution >= 4 is 12.6 Å². The third-order valence-electron chi connectivity index (χ3n) is 3.35. The van der Waals surface area contributed by atoms with Crippen LogP contribution in [0, 0.1) is 11.8 Å². The Kier molecular flexibility index (Phi) is 30.8. The number of hydrogen-bond donors (Lipinski definition) is 2. The first kappa shape index (κ1) is 27.1. The molecule has 0 radical (unpaired) electrons. The van der Waals surface area contributed by atoms with Gasteiger partial charge in [-0.15, -0.1) is 0 Å². The van der Waals surface area contributed by atoms with E-state index in [1.807, 2.05) is 7.05 Å². The highest BCUT2D eigenvalue weighted by Crippen LogP contribution is 2.20. The molecule has 0 saturated carbocycles. The van der Waals surface area contributed by atoms with E-state index in [9.17, 15) is 9.59 Å². The van der Waals surface area contributed by atoms with Gasteiger partial charge in [-0.25, -0.2) is 0 Å². The van der Waals surface area contributed by atoms with Crippen molar-refractivity contribution < 1.29 is 19.4 Å². The lowest BCUT2D eigenvalue weighted by atomic mass is 9.89. The summed E-state index contributed by atoms with van der Waals surface area (Å²) in [7, 11) is 2.93. The lowest BCUT2D eigenvalue weighted by Crippen LogP contribution is -2.14. The van der Waals surface area contributed by atoms with Gasteiger partial charge in [0.2, 0.25) is 0 Å². The van der Waals surface area contributed by atoms with Crippen LogP contribution in [0.1, 0.15) is 59.3 Å². The number of aldehydes is 2. The van der Waals surface area contributed by atoms with Gasteiger partial charge in [0, 0.05) is 32.6 Å². The van der Waals surface area contributed by atoms with Crippen LogP contribution in [0.5, 0.6) is 0 Å². The molecule has 140 valence electrons. The summed E-state index contributed by atoms with van der Waals surface area (Å²) in [6, 6.07) is 0. The van der Waals surface area contributed by atoms with Gasteiger partial charge in [0.1, 0.15) is 12.6 Å². The molecule has 0 rings (SSSR count). The maximum atomic E-state index is 10.6. The van der Waals surface area contributed by atoms with E-state index in [1.54, 1.807) is 0 Å². The van der Waals surface area contributed by atoms with Gasteiger partial charge in [-0.2, -0.15) is 0 Å². The first-order chi connectivity index (χ1) is 11.2. The van der Waals surface area contributed by atoms with Crippen molar-refractivity contribution in [3.63, 3.8) is 0 Å². The van der Waals surface area contributed by atoms with Crippen molar-refractivity contribution in [3.8, 4) is 0 Å². The van der Waals surface area contributed by atoms with Gasteiger partial charge in [-0.05, 0) is 25.8 Å². The molecule has 0 fully saturated rings. The van der Waals surface area contributed by atoms with Gasteiger partial charge in [0.15, 0.2) is 0 Å². The highest BCUT2D eigenvalue weighted by molar-refractivity contribution is 5.61. The second-order valence-corrected chi connectivity index (χ2v) is 5.31. The van der Waals surface area contributed by atoms with E-state index in [0.717, 1.165) is 65.1 Å². The van der Waals surface area contributed by atoms with Crippen molar-refractivity contribution in [1.82, 2.24) is 5.32 Å². The molecule has 5 nitrogen and oxygen atoms in total. The lowest BCUT2D eigenvalue weighted by Gasteiger charge is -2.16. The Morgan fingerprint density at radius 2 is 1.74 bits per heavy atom. The summed E-state index contributed by atoms with van der Waals surface area (Å²) in [5, 5.41) is 10.0. The van der Waals surface area contributed by atoms with E-state index in [-0.39, 0.29) is 5.92 Å². The minimum atomic E-state index is -0.0472. The van der Waals surface area contributed by atoms with Crippen molar-refractivity contribution in [2.45, 2.75) is 59.3 Å². The molecule has 2 atom stereocenters. The Bertz CT molecular complexity index is 219. The first-order valence-electron chi connectivity index (χ1n) is 8.75. The predicted molar refractivity (Wildman–Crippen MR) is 96.7 cm³/mol. The fraction of sp³-hybridized carbons (Fsp3) is 0.889. The summed E-state index contributed by atoms with van der Waals surface area (Å²) in [5.74, 6) is 0.564. The summed E-state index contributed by atoms with van der Waals surface area (Å²) < 4.78 is 5.16. The second-order valence-electron chi connectivity index (χ2n) is 5.31. The number of aliphatic hydroxyl groups excluding tert-OH is 1. The molecule has 5 heteroatoms. The SMILES string of the molecule is CCCC(CC)CC(C=O)CC=O.CCCOCCNC.CO. The highest BCUT2D eigenvalue weighted by Gasteiger charge is 2.13. The molecule has 0 aliphatic heterocycles. The van der Waals surface area contributed by atoms with Crippen LogP contribution in [0.15, 0.2) is 0 Å². The van der Waals surface area contributed by atoms with E-state index >= 15 is 0 Å². The molecule has 2 unspecified atom stereocenters. The maximum absolute atomic E-state index is 10.6. The summed E-state index contributed by atoms with van der Waals surface area (Å²) in [6.45, 7) is 9.09. The number of carbonyl (C=O) groups excluding carboxylic acids is 2. The Morgan fingerprint density at radius 3 is 2.13 bits per heavy atom. The molecule has 23 heavy (non-hydrogen) atoms. The zero-order valence-electron chi connectivity index (χ0n) is 15.8. The van der Waals surface area contributed by atoms with Crippen LogP contribution in [-0.2, 0) is 14.3 Å². The number of likely N-dealkylation sites (N-methyl/N-ethyl adjacent to an activating group) is 1. The third kappa shape index (κ3) is 23.6. The minimum Gasteiger partial charge on any atom is -0.400 e. The fourth-order valence-electron chi connectivity index (χ4n) is 2.08. The summed E-state index contributed by atoms with van der Waals surface area (Å²) in [4.78, 5) is 20.8. The van der Waals surface area contributed by atoms with E-state index in [4.69, 9.17) is 9.84 Å². The van der Waals surface area contributed by atoms with Crippen LogP contribution in [-0.4, -0.2) is 51.6 Å². The summed E-state index contributed by atoms with van der Waals surface area (Å²) in [5.41, 5.74) is 0. The molecular weight excluding hydrogens is 294 g/mol. The number of rotatable bonds is 13. The Hall–Kier alpha value is -0.780. The van der Waals surface area contributed by atoms with E-state index < -0.39 is 0 Å². The van der Waals surface area contributed by atoms with Gasteiger partial charge >= 0.3 is 0 Å². The summed E-state index contributed by atoms with van der Waals surface area (Å²) >= 11 is 0. The maximum Gasteiger partial charge on any atom is 0.123 e. The molecule has 0 amide bonds. The molecule has 0 spiro atoms. The lowest BCUT2D eigenvalue weighted by molar-refractivity contribution is -0.116. The van der Waals surface area contributed by atoms with Crippen LogP contribution in [0.2, 0.25) is 0 Å². The van der Waals surface area contributed by atoms with Crippen molar-refractivity contribution in [1.29, 1.82) is 0 Å². The van der Waals surface area contributed by atoms with Gasteiger partial charge in [0.05, 0.1) is 6.61 Å². The zero-order chi connectivity index (χ0) is 18.3. The zero-order valence-corrected chi connectivity index (χ0v) is 15.8. The van der Waals surface area contributed by atoms with Crippen LogP contribution in [0.25, 0.3) is 0 Å². The Balaban J connectivity index is -0.000000343. The van der Waals surface area contributed by atoms with Gasteiger partial charge in [-0.1, -0.05) is 40.0 Å². The monoisotopic (exact) mass is 333 g/mol. The predicted octanol–water partition coefficient (Wildman–Crippen LogP) is 2.85. The van der Waals surface area contributed by atoms with Crippen LogP contribution in [0.3, 0.4) is 0 Å². The first-order valence-corrected chi connectivity index (χ1v) is 8.75. The van der Waals surface area contributed by atoms with Gasteiger partial charge in [-0.3, -0.25) is 0 Å². The van der Waals surface area contributed by atoms with Crippen LogP contribution < -0.4 is 5.32 Å². The highest BCUT2D eigenvalue weighted by atomic mass is 16.5. The van der Waals surface area contributed by atoms with Gasteiger partial charge in [0.25, 0.3) is 0 Å². The molecule has 0 aromatic rings. The number of carbonyl (C=O) groups is 2. The molecule has 0 bridgehead atoms. The van der Waals surface area contributed by atoms with Gasteiger partial charge < -0.3 is 24.7 Å². The third-order valence-corrected chi connectivity index (χ3v) is 3.35. The Labute approximate surface area is 143 Å². The van der Waals surface area contributed by atoms with E-state index in [1.165, 1.54) is 6.42 Å².